The molecule has 0 aromatic carbocycles. The van der Waals surface area contributed by atoms with Gasteiger partial charge in [0, 0.05) is 5.04 Å². The van der Waals surface area contributed by atoms with Crippen molar-refractivity contribution in [2.24, 2.45) is 0 Å². The van der Waals surface area contributed by atoms with Gasteiger partial charge in [-0.25, -0.2) is 0 Å². The van der Waals surface area contributed by atoms with Crippen molar-refractivity contribution in [3.63, 3.8) is 0 Å². The Labute approximate surface area is 150 Å². The topological polar surface area (TPSA) is 36.9 Å². The molecular weight excluding hydrogens is 373 g/mol. The molecule has 0 atom stereocenters. The fraction of sp³-hybridized carbons (Fsp3) is 1.00. The van der Waals surface area contributed by atoms with Crippen LogP contribution < -0.4 is 0 Å². The highest BCUT2D eigenvalue weighted by Crippen LogP contribution is 2.33. The van der Waals surface area contributed by atoms with Crippen LogP contribution in [0.3, 0.4) is 0 Å². The summed E-state index contributed by atoms with van der Waals surface area (Å²) in [5.41, 5.74) is 0. The Bertz CT molecular complexity index is 350. The van der Waals surface area contributed by atoms with Crippen molar-refractivity contribution in [2.45, 2.75) is 91.3 Å². The van der Waals surface area contributed by atoms with Crippen molar-refractivity contribution >= 4 is 43.0 Å². The molecule has 0 aromatic heterocycles. The highest BCUT2D eigenvalue weighted by molar-refractivity contribution is 6.87. The van der Waals surface area contributed by atoms with E-state index in [2.05, 4.69) is 86.2 Å². The second kappa shape index (κ2) is 7.66. The first-order chi connectivity index (χ1) is 9.73. The fourth-order valence-electron chi connectivity index (χ4n) is 2.42. The number of hydrogen-bond acceptors (Lipinski definition) is 4. The molecule has 0 unspecified atom stereocenters. The van der Waals surface area contributed by atoms with Crippen molar-refractivity contribution in [3.8, 4) is 0 Å². The Morgan fingerprint density at radius 2 is 0.826 bits per heavy atom. The Morgan fingerprint density at radius 3 is 1.00 bits per heavy atom. The molecule has 23 heavy (non-hydrogen) atoms. The predicted molar refractivity (Wildman–Crippen MR) is 113 cm³/mol. The smallest absolute Gasteiger partial charge is 0.312 e. The molecule has 0 aliphatic carbocycles. The minimum absolute atomic E-state index is 0.0140. The van der Waals surface area contributed by atoms with Crippen LogP contribution in [-0.2, 0) is 16.5 Å². The zero-order valence-electron chi connectivity index (χ0n) is 17.7. The van der Waals surface area contributed by atoms with E-state index in [0.29, 0.717) is 0 Å². The first kappa shape index (κ1) is 23.9. The minimum Gasteiger partial charge on any atom is -0.437 e. The molecule has 0 bridgehead atoms. The van der Waals surface area contributed by atoms with Crippen molar-refractivity contribution in [1.82, 2.24) is 0 Å². The van der Waals surface area contributed by atoms with Gasteiger partial charge in [0.15, 0.2) is 16.6 Å². The van der Waals surface area contributed by atoms with E-state index in [4.69, 9.17) is 16.5 Å². The van der Waals surface area contributed by atoms with E-state index in [0.717, 1.165) is 0 Å². The van der Waals surface area contributed by atoms with E-state index >= 15 is 0 Å². The van der Waals surface area contributed by atoms with Crippen LogP contribution in [0.4, 0.5) is 0 Å². The molecule has 0 rings (SSSR count). The highest BCUT2D eigenvalue weighted by atomic mass is 28.5. The molecule has 0 aliphatic heterocycles. The lowest BCUT2D eigenvalue weighted by molar-refractivity contribution is 0.292. The van der Waals surface area contributed by atoms with Gasteiger partial charge in [-0.1, -0.05) is 20.8 Å². The normalized spacial score (nSPS) is 15.4. The third kappa shape index (κ3) is 12.0. The van der Waals surface area contributed by atoms with Gasteiger partial charge < -0.3 is 16.5 Å². The maximum Gasteiger partial charge on any atom is 0.312 e. The van der Waals surface area contributed by atoms with Gasteiger partial charge in [-0.2, -0.15) is 0 Å². The van der Waals surface area contributed by atoms with Crippen LogP contribution in [-0.4, -0.2) is 43.0 Å². The van der Waals surface area contributed by atoms with E-state index in [1.807, 2.05) is 0 Å². The van der Waals surface area contributed by atoms with Gasteiger partial charge in [-0.3, -0.25) is 0 Å². The average molecular weight is 413 g/mol. The monoisotopic (exact) mass is 412 g/mol. The van der Waals surface area contributed by atoms with Gasteiger partial charge in [0.1, 0.15) is 0 Å². The van der Waals surface area contributed by atoms with E-state index in [9.17, 15) is 0 Å². The van der Waals surface area contributed by atoms with Crippen LogP contribution in [0.5, 0.6) is 0 Å². The fourth-order valence-corrected chi connectivity index (χ4v) is 23.0. The molecule has 0 N–H and O–H groups in total. The van der Waals surface area contributed by atoms with Crippen LogP contribution in [0.2, 0.25) is 70.5 Å². The molecule has 0 amide bonds. The lowest BCUT2D eigenvalue weighted by Crippen LogP contribution is -2.56. The van der Waals surface area contributed by atoms with Gasteiger partial charge in [0.2, 0.25) is 0 Å². The van der Waals surface area contributed by atoms with Crippen molar-refractivity contribution in [3.05, 3.63) is 0 Å². The molecule has 9 heteroatoms. The van der Waals surface area contributed by atoms with Gasteiger partial charge >= 0.3 is 26.4 Å². The summed E-state index contributed by atoms with van der Waals surface area (Å²) in [6.07, 6.45) is 0. The van der Waals surface area contributed by atoms with Crippen LogP contribution in [0, 0.1) is 0 Å². The van der Waals surface area contributed by atoms with Crippen molar-refractivity contribution < 1.29 is 16.5 Å². The zero-order valence-corrected chi connectivity index (χ0v) is 22.9. The SMILES string of the molecule is CC(C)(C)[SiH](O[Si](C)(C)O[Si](C)(C)C)O[Si](C)(C)O[Si](C)(C)C. The van der Waals surface area contributed by atoms with E-state index in [1.165, 1.54) is 0 Å². The lowest BCUT2D eigenvalue weighted by Gasteiger charge is -2.42. The molecule has 140 valence electrons. The summed E-state index contributed by atoms with van der Waals surface area (Å²) in [7, 11) is -9.57. The standard InChI is InChI=1S/C14H40O4Si5/c1-14(2,3)19(15-22(10,11)17-20(4,5)6)16-23(12,13)18-21(7,8)9/h19H,1-13H3. The predicted octanol–water partition coefficient (Wildman–Crippen LogP) is 5.15. The van der Waals surface area contributed by atoms with Gasteiger partial charge in [0.25, 0.3) is 0 Å². The summed E-state index contributed by atoms with van der Waals surface area (Å²) in [6.45, 7) is 28.5. The first-order valence-corrected chi connectivity index (χ1v) is 22.5. The maximum atomic E-state index is 6.57. The molecule has 0 spiro atoms. The lowest BCUT2D eigenvalue weighted by atomic mass is 10.3. The van der Waals surface area contributed by atoms with Gasteiger partial charge in [-0.15, -0.1) is 0 Å². The largest absolute Gasteiger partial charge is 0.437 e. The van der Waals surface area contributed by atoms with Crippen molar-refractivity contribution in [2.75, 3.05) is 0 Å². The summed E-state index contributed by atoms with van der Waals surface area (Å²) in [4.78, 5) is 0. The molecule has 0 heterocycles. The zero-order chi connectivity index (χ0) is 18.9. The van der Waals surface area contributed by atoms with Crippen LogP contribution in [0.25, 0.3) is 0 Å². The number of hydrogen-bond donors (Lipinski definition) is 0. The summed E-state index contributed by atoms with van der Waals surface area (Å²) in [6, 6.07) is 0. The Kier molecular flexibility index (Phi) is 7.97. The highest BCUT2D eigenvalue weighted by Gasteiger charge is 2.44. The average Bonchev–Trinajstić information content (AvgIpc) is 2.04. The van der Waals surface area contributed by atoms with E-state index in [-0.39, 0.29) is 5.04 Å². The molecule has 0 fully saturated rings. The molecule has 4 nitrogen and oxygen atoms in total. The maximum absolute atomic E-state index is 6.57. The second-order valence-electron chi connectivity index (χ2n) is 10.2. The first-order valence-electron chi connectivity index (χ1n) is 8.48. The number of rotatable bonds is 8. The molecule has 0 saturated carbocycles. The quantitative estimate of drug-likeness (QED) is 0.517. The Morgan fingerprint density at radius 1 is 0.565 bits per heavy atom. The summed E-state index contributed by atoms with van der Waals surface area (Å²) in [5.74, 6) is 0. The summed E-state index contributed by atoms with van der Waals surface area (Å²) in [5, 5.41) is 0.0140. The minimum atomic E-state index is -2.19. The van der Waals surface area contributed by atoms with Crippen LogP contribution in [0.15, 0.2) is 0 Å². The summed E-state index contributed by atoms with van der Waals surface area (Å²) < 4.78 is 25.9. The van der Waals surface area contributed by atoms with E-state index < -0.39 is 43.0 Å². The van der Waals surface area contributed by atoms with E-state index in [1.54, 1.807) is 0 Å². The van der Waals surface area contributed by atoms with Gasteiger partial charge in [0.05, 0.1) is 0 Å². The van der Waals surface area contributed by atoms with Crippen LogP contribution >= 0.6 is 0 Å². The Hall–Kier alpha value is 0.924. The Balaban J connectivity index is 5.19. The van der Waals surface area contributed by atoms with Crippen LogP contribution in [0.1, 0.15) is 20.8 Å². The third-order valence-corrected chi connectivity index (χ3v) is 19.1. The molecular formula is C14H40O4Si5. The molecule has 0 saturated heterocycles. The molecule has 0 aliphatic rings. The second-order valence-corrected chi connectivity index (χ2v) is 30.1. The molecule has 0 radical (unpaired) electrons. The van der Waals surface area contributed by atoms with Gasteiger partial charge in [-0.05, 0) is 65.5 Å². The summed E-state index contributed by atoms with van der Waals surface area (Å²) >= 11 is 0. The molecule has 0 aromatic rings. The third-order valence-electron chi connectivity index (χ3n) is 2.59. The van der Waals surface area contributed by atoms with Crippen molar-refractivity contribution in [1.29, 1.82) is 0 Å².